The Kier molecular flexibility index (Phi) is 2.87. The van der Waals surface area contributed by atoms with Crippen LogP contribution < -0.4 is 4.90 Å². The van der Waals surface area contributed by atoms with E-state index in [-0.39, 0.29) is 0 Å². The Morgan fingerprint density at radius 1 is 1.16 bits per heavy atom. The van der Waals surface area contributed by atoms with Crippen LogP contribution in [0.3, 0.4) is 0 Å². The van der Waals surface area contributed by atoms with E-state index >= 15 is 0 Å². The Morgan fingerprint density at radius 2 is 2.00 bits per heavy atom. The van der Waals surface area contributed by atoms with Gasteiger partial charge in [0.15, 0.2) is 11.4 Å². The number of hydrogen-bond donors (Lipinski definition) is 0. The third-order valence-electron chi connectivity index (χ3n) is 4.98. The summed E-state index contributed by atoms with van der Waals surface area (Å²) in [6.07, 6.45) is 10.2. The average Bonchev–Trinajstić information content (AvgIpc) is 3.02. The first-order chi connectivity index (χ1) is 9.36. The molecule has 0 spiro atoms. The van der Waals surface area contributed by atoms with Gasteiger partial charge in [0.25, 0.3) is 0 Å². The molecule has 0 radical (unpaired) electrons. The molecule has 4 rings (SSSR count). The summed E-state index contributed by atoms with van der Waals surface area (Å²) in [6.45, 7) is 1.14. The summed E-state index contributed by atoms with van der Waals surface area (Å²) in [4.78, 5) is 19.5. The minimum Gasteiger partial charge on any atom is -0.345 e. The maximum absolute atomic E-state index is 11.2. The van der Waals surface area contributed by atoms with E-state index in [0.717, 1.165) is 34.5 Å². The van der Waals surface area contributed by atoms with Crippen molar-refractivity contribution < 1.29 is 4.79 Å². The van der Waals surface area contributed by atoms with Gasteiger partial charge in [0.1, 0.15) is 0 Å². The third kappa shape index (κ3) is 2.00. The molecule has 1 aromatic rings. The van der Waals surface area contributed by atoms with Gasteiger partial charge in [-0.25, -0.2) is 4.98 Å². The molecule has 2 saturated carbocycles. The first-order valence-electron chi connectivity index (χ1n) is 7.59. The molecule has 102 valence electrons. The van der Waals surface area contributed by atoms with Crippen LogP contribution in [0.4, 0.5) is 5.13 Å². The maximum atomic E-state index is 11.2. The van der Waals surface area contributed by atoms with Crippen LogP contribution in [-0.4, -0.2) is 23.9 Å². The van der Waals surface area contributed by atoms with Crippen molar-refractivity contribution in [1.29, 1.82) is 0 Å². The molecule has 1 saturated heterocycles. The Hall–Kier alpha value is -0.900. The lowest BCUT2D eigenvalue weighted by Crippen LogP contribution is -2.42. The van der Waals surface area contributed by atoms with Crippen molar-refractivity contribution in [3.63, 3.8) is 0 Å². The summed E-state index contributed by atoms with van der Waals surface area (Å²) in [5.74, 6) is 1.45. The number of rotatable bonds is 3. The van der Waals surface area contributed by atoms with Gasteiger partial charge in [-0.05, 0) is 44.4 Å². The van der Waals surface area contributed by atoms with E-state index < -0.39 is 0 Å². The normalized spacial score (nSPS) is 30.4. The molecule has 0 aromatic carbocycles. The Bertz CT molecular complexity index is 494. The second kappa shape index (κ2) is 4.58. The Balaban J connectivity index is 1.65. The Labute approximate surface area is 118 Å². The van der Waals surface area contributed by atoms with E-state index in [1.54, 1.807) is 11.3 Å². The largest absolute Gasteiger partial charge is 0.345 e. The molecule has 2 unspecified atom stereocenters. The minimum absolute atomic E-state index is 0.578. The summed E-state index contributed by atoms with van der Waals surface area (Å²) in [7, 11) is 0. The van der Waals surface area contributed by atoms with Crippen molar-refractivity contribution in [2.75, 3.05) is 11.4 Å². The molecule has 19 heavy (non-hydrogen) atoms. The van der Waals surface area contributed by atoms with Crippen molar-refractivity contribution in [3.8, 4) is 0 Å². The molecule has 2 atom stereocenters. The molecule has 0 N–H and O–H groups in total. The molecule has 2 heterocycles. The zero-order valence-electron chi connectivity index (χ0n) is 11.2. The lowest BCUT2D eigenvalue weighted by Gasteiger charge is -2.37. The number of fused-ring (bicyclic) bond motifs is 1. The monoisotopic (exact) mass is 276 g/mol. The zero-order chi connectivity index (χ0) is 12.8. The van der Waals surface area contributed by atoms with Gasteiger partial charge < -0.3 is 4.90 Å². The van der Waals surface area contributed by atoms with Crippen molar-refractivity contribution in [1.82, 2.24) is 4.98 Å². The van der Waals surface area contributed by atoms with Gasteiger partial charge in [-0.15, -0.1) is 0 Å². The van der Waals surface area contributed by atoms with Crippen LogP contribution in [0.25, 0.3) is 0 Å². The molecule has 3 nitrogen and oxygen atoms in total. The van der Waals surface area contributed by atoms with Crippen molar-refractivity contribution in [2.24, 2.45) is 5.92 Å². The molecule has 0 bridgehead atoms. The highest BCUT2D eigenvalue weighted by atomic mass is 32.1. The summed E-state index contributed by atoms with van der Waals surface area (Å²) < 4.78 is 0. The van der Waals surface area contributed by atoms with Gasteiger partial charge in [-0.2, -0.15) is 0 Å². The fourth-order valence-corrected chi connectivity index (χ4v) is 4.93. The van der Waals surface area contributed by atoms with Gasteiger partial charge in [-0.1, -0.05) is 17.8 Å². The number of aldehydes is 1. The standard InChI is InChI=1S/C15H20N2OS/c18-9-13-14(11-6-7-11)16-15(19-13)17-8-2-4-10-3-1-5-12(10)17/h9-12H,1-8H2. The van der Waals surface area contributed by atoms with Gasteiger partial charge in [-0.3, -0.25) is 4.79 Å². The first-order valence-corrected chi connectivity index (χ1v) is 8.41. The molecule has 0 amide bonds. The van der Waals surface area contributed by atoms with Crippen molar-refractivity contribution >= 4 is 22.8 Å². The predicted molar refractivity (Wildman–Crippen MR) is 77.2 cm³/mol. The lowest BCUT2D eigenvalue weighted by atomic mass is 9.92. The molecule has 3 aliphatic rings. The fourth-order valence-electron chi connectivity index (χ4n) is 3.88. The number of hydrogen-bond acceptors (Lipinski definition) is 4. The van der Waals surface area contributed by atoms with Crippen LogP contribution in [0.1, 0.15) is 66.2 Å². The summed E-state index contributed by atoms with van der Waals surface area (Å²) >= 11 is 1.63. The molecule has 4 heteroatoms. The number of piperidine rings is 1. The van der Waals surface area contributed by atoms with Crippen LogP contribution in [0, 0.1) is 5.92 Å². The van der Waals surface area contributed by atoms with E-state index in [9.17, 15) is 4.79 Å². The number of carbonyl (C=O) groups excluding carboxylic acids is 1. The Morgan fingerprint density at radius 3 is 2.79 bits per heavy atom. The highest BCUT2D eigenvalue weighted by molar-refractivity contribution is 7.17. The van der Waals surface area contributed by atoms with E-state index in [4.69, 9.17) is 4.98 Å². The molecular formula is C15H20N2OS. The number of anilines is 1. The number of thiazole rings is 1. The number of nitrogens with zero attached hydrogens (tertiary/aromatic N) is 2. The zero-order valence-corrected chi connectivity index (χ0v) is 12.0. The smallest absolute Gasteiger partial charge is 0.186 e. The van der Waals surface area contributed by atoms with Crippen LogP contribution in [-0.2, 0) is 0 Å². The number of aromatic nitrogens is 1. The summed E-state index contributed by atoms with van der Waals surface area (Å²) in [5, 5.41) is 1.13. The van der Waals surface area contributed by atoms with Gasteiger partial charge in [0.2, 0.25) is 0 Å². The van der Waals surface area contributed by atoms with Gasteiger partial charge >= 0.3 is 0 Å². The summed E-state index contributed by atoms with van der Waals surface area (Å²) in [6, 6.07) is 0.700. The van der Waals surface area contributed by atoms with Crippen LogP contribution in [0.2, 0.25) is 0 Å². The van der Waals surface area contributed by atoms with Crippen LogP contribution in [0.5, 0.6) is 0 Å². The fraction of sp³-hybridized carbons (Fsp3) is 0.733. The second-order valence-corrected chi connectivity index (χ2v) is 7.24. The predicted octanol–water partition coefficient (Wildman–Crippen LogP) is 3.60. The van der Waals surface area contributed by atoms with E-state index in [2.05, 4.69) is 4.90 Å². The molecule has 2 aliphatic carbocycles. The van der Waals surface area contributed by atoms with Crippen LogP contribution in [0.15, 0.2) is 0 Å². The topological polar surface area (TPSA) is 33.2 Å². The maximum Gasteiger partial charge on any atom is 0.186 e. The van der Waals surface area contributed by atoms with E-state index in [0.29, 0.717) is 12.0 Å². The third-order valence-corrected chi connectivity index (χ3v) is 6.01. The van der Waals surface area contributed by atoms with Gasteiger partial charge in [0, 0.05) is 18.5 Å². The first kappa shape index (κ1) is 11.9. The van der Waals surface area contributed by atoms with Crippen LogP contribution >= 0.6 is 11.3 Å². The molecule has 1 aromatic heterocycles. The van der Waals surface area contributed by atoms with E-state index in [1.165, 1.54) is 44.9 Å². The molecule has 1 aliphatic heterocycles. The summed E-state index contributed by atoms with van der Waals surface area (Å²) in [5.41, 5.74) is 1.09. The van der Waals surface area contributed by atoms with Crippen molar-refractivity contribution in [3.05, 3.63) is 10.6 Å². The molecular weight excluding hydrogens is 256 g/mol. The lowest BCUT2D eigenvalue weighted by molar-refractivity contribution is 0.112. The number of carbonyl (C=O) groups is 1. The SMILES string of the molecule is O=Cc1sc(N2CCCC3CCCC32)nc1C1CC1. The highest BCUT2D eigenvalue weighted by Gasteiger charge is 2.37. The quantitative estimate of drug-likeness (QED) is 0.791. The van der Waals surface area contributed by atoms with E-state index in [1.807, 2.05) is 0 Å². The second-order valence-electron chi connectivity index (χ2n) is 6.23. The molecule has 3 fully saturated rings. The highest BCUT2D eigenvalue weighted by Crippen LogP contribution is 2.46. The minimum atomic E-state index is 0.578. The van der Waals surface area contributed by atoms with Gasteiger partial charge in [0.05, 0.1) is 10.6 Å². The van der Waals surface area contributed by atoms with Crippen molar-refractivity contribution in [2.45, 2.75) is 56.9 Å². The average molecular weight is 276 g/mol.